The van der Waals surface area contributed by atoms with Gasteiger partial charge in [-0.25, -0.2) is 9.97 Å². The minimum atomic E-state index is 0.00192. The first-order chi connectivity index (χ1) is 13.5. The normalized spacial score (nSPS) is 20.3. The van der Waals surface area contributed by atoms with Crippen molar-refractivity contribution in [2.24, 2.45) is 0 Å². The van der Waals surface area contributed by atoms with Gasteiger partial charge in [0.2, 0.25) is 5.91 Å². The fourth-order valence-corrected chi connectivity index (χ4v) is 4.38. The molecule has 1 saturated heterocycles. The third-order valence-corrected chi connectivity index (χ3v) is 6.27. The molecular formula is C21H30N6O. The summed E-state index contributed by atoms with van der Waals surface area (Å²) >= 11 is 0. The molecular weight excluding hydrogens is 352 g/mol. The summed E-state index contributed by atoms with van der Waals surface area (Å²) < 4.78 is 2.00. The van der Waals surface area contributed by atoms with Crippen LogP contribution in [0.5, 0.6) is 0 Å². The first kappa shape index (κ1) is 19.1. The Morgan fingerprint density at radius 2 is 2.18 bits per heavy atom. The molecule has 7 heteroatoms. The van der Waals surface area contributed by atoms with Crippen LogP contribution in [0.4, 0.5) is 0 Å². The molecule has 1 fully saturated rings. The highest BCUT2D eigenvalue weighted by Crippen LogP contribution is 2.32. The van der Waals surface area contributed by atoms with E-state index in [1.165, 1.54) is 11.1 Å². The zero-order valence-electron chi connectivity index (χ0n) is 17.3. The molecule has 0 unspecified atom stereocenters. The van der Waals surface area contributed by atoms with Crippen LogP contribution in [-0.4, -0.2) is 43.6 Å². The molecule has 4 heterocycles. The van der Waals surface area contributed by atoms with Crippen molar-refractivity contribution in [3.8, 4) is 0 Å². The van der Waals surface area contributed by atoms with Gasteiger partial charge in [-0.15, -0.1) is 0 Å². The second-order valence-electron chi connectivity index (χ2n) is 8.17. The minimum absolute atomic E-state index is 0.00192. The Morgan fingerprint density at radius 3 is 2.93 bits per heavy atom. The standard InChI is InChI=1S/C21H30N6O/c1-13(27-16(4)14(2)15(3)25-27)10-20(28)26-9-5-6-19(26)21-23-12-17-11-22-8-7-18(17)24-21/h12-13,19,22H,5-11H2,1-4H3/t13-,19-/m0/s1. The van der Waals surface area contributed by atoms with Crippen LogP contribution in [0.25, 0.3) is 0 Å². The van der Waals surface area contributed by atoms with Crippen molar-refractivity contribution >= 4 is 5.91 Å². The molecule has 2 aliphatic rings. The zero-order chi connectivity index (χ0) is 19.8. The molecule has 2 atom stereocenters. The predicted molar refractivity (Wildman–Crippen MR) is 107 cm³/mol. The van der Waals surface area contributed by atoms with Crippen LogP contribution in [0.15, 0.2) is 6.20 Å². The van der Waals surface area contributed by atoms with E-state index >= 15 is 0 Å². The van der Waals surface area contributed by atoms with Crippen LogP contribution >= 0.6 is 0 Å². The molecule has 150 valence electrons. The smallest absolute Gasteiger partial charge is 0.225 e. The summed E-state index contributed by atoms with van der Waals surface area (Å²) in [6, 6.07) is 0.0405. The molecule has 1 amide bonds. The average Bonchev–Trinajstić information content (AvgIpc) is 3.29. The molecule has 28 heavy (non-hydrogen) atoms. The number of hydrogen-bond acceptors (Lipinski definition) is 5. The van der Waals surface area contributed by atoms with E-state index in [4.69, 9.17) is 4.98 Å². The molecule has 7 nitrogen and oxygen atoms in total. The van der Waals surface area contributed by atoms with Gasteiger partial charge in [-0.1, -0.05) is 0 Å². The number of carbonyl (C=O) groups excluding carboxylic acids is 1. The number of rotatable bonds is 4. The van der Waals surface area contributed by atoms with Gasteiger partial charge in [-0.3, -0.25) is 9.48 Å². The summed E-state index contributed by atoms with van der Waals surface area (Å²) in [6.07, 6.45) is 5.26. The monoisotopic (exact) mass is 382 g/mol. The van der Waals surface area contributed by atoms with Gasteiger partial charge in [0, 0.05) is 55.6 Å². The summed E-state index contributed by atoms with van der Waals surface area (Å²) in [4.78, 5) is 24.6. The predicted octanol–water partition coefficient (Wildman–Crippen LogP) is 2.56. The Kier molecular flexibility index (Phi) is 5.19. The fraction of sp³-hybridized carbons (Fsp3) is 0.619. The van der Waals surface area contributed by atoms with Crippen molar-refractivity contribution in [3.05, 3.63) is 40.2 Å². The first-order valence-corrected chi connectivity index (χ1v) is 10.3. The second-order valence-corrected chi connectivity index (χ2v) is 8.17. The lowest BCUT2D eigenvalue weighted by Gasteiger charge is -2.26. The number of hydrogen-bond donors (Lipinski definition) is 1. The Hall–Kier alpha value is -2.28. The number of fused-ring (bicyclic) bond motifs is 1. The third kappa shape index (κ3) is 3.43. The third-order valence-electron chi connectivity index (χ3n) is 6.27. The van der Waals surface area contributed by atoms with E-state index in [0.717, 1.165) is 61.8 Å². The lowest BCUT2D eigenvalue weighted by atomic mass is 10.1. The molecule has 0 aliphatic carbocycles. The highest BCUT2D eigenvalue weighted by molar-refractivity contribution is 5.77. The number of nitrogens with one attached hydrogen (secondary N) is 1. The van der Waals surface area contributed by atoms with Crippen LogP contribution in [0.3, 0.4) is 0 Å². The van der Waals surface area contributed by atoms with Gasteiger partial charge in [0.05, 0.1) is 17.8 Å². The number of nitrogens with zero attached hydrogens (tertiary/aromatic N) is 5. The molecule has 2 aromatic heterocycles. The highest BCUT2D eigenvalue weighted by Gasteiger charge is 2.33. The maximum Gasteiger partial charge on any atom is 0.225 e. The van der Waals surface area contributed by atoms with Crippen molar-refractivity contribution < 1.29 is 4.79 Å². The molecule has 2 aliphatic heterocycles. The first-order valence-electron chi connectivity index (χ1n) is 10.3. The largest absolute Gasteiger partial charge is 0.332 e. The summed E-state index contributed by atoms with van der Waals surface area (Å²) in [5.41, 5.74) is 5.69. The minimum Gasteiger partial charge on any atom is -0.332 e. The number of aryl methyl sites for hydroxylation is 1. The Labute approximate surface area is 166 Å². The van der Waals surface area contributed by atoms with E-state index in [-0.39, 0.29) is 18.0 Å². The molecule has 0 bridgehead atoms. The van der Waals surface area contributed by atoms with Crippen molar-refractivity contribution in [1.82, 2.24) is 30.0 Å². The van der Waals surface area contributed by atoms with Gasteiger partial charge in [-0.05, 0) is 46.1 Å². The van der Waals surface area contributed by atoms with E-state index in [1.54, 1.807) is 0 Å². The quantitative estimate of drug-likeness (QED) is 0.879. The van der Waals surface area contributed by atoms with Crippen LogP contribution in [0.1, 0.15) is 72.3 Å². The number of likely N-dealkylation sites (tertiary alicyclic amines) is 1. The zero-order valence-corrected chi connectivity index (χ0v) is 17.3. The molecule has 0 spiro atoms. The van der Waals surface area contributed by atoms with Crippen molar-refractivity contribution in [2.45, 2.75) is 72.0 Å². The molecule has 0 saturated carbocycles. The summed E-state index contributed by atoms with van der Waals surface area (Å²) in [5, 5.41) is 7.98. The lowest BCUT2D eigenvalue weighted by molar-refractivity contribution is -0.133. The molecule has 0 radical (unpaired) electrons. The van der Waals surface area contributed by atoms with Crippen LogP contribution in [-0.2, 0) is 17.8 Å². The number of amides is 1. The van der Waals surface area contributed by atoms with Gasteiger partial charge >= 0.3 is 0 Å². The van der Waals surface area contributed by atoms with Gasteiger partial charge in [0.1, 0.15) is 0 Å². The average molecular weight is 383 g/mol. The van der Waals surface area contributed by atoms with Crippen molar-refractivity contribution in [2.75, 3.05) is 13.1 Å². The summed E-state index contributed by atoms with van der Waals surface area (Å²) in [5.74, 6) is 0.976. The maximum absolute atomic E-state index is 13.1. The van der Waals surface area contributed by atoms with Crippen LogP contribution in [0, 0.1) is 20.8 Å². The Balaban J connectivity index is 1.50. The van der Waals surface area contributed by atoms with Gasteiger partial charge < -0.3 is 10.2 Å². The Bertz CT molecular complexity index is 889. The SMILES string of the molecule is Cc1nn([C@@H](C)CC(=O)N2CCC[C@H]2c2ncc3c(n2)CCNC3)c(C)c1C. The Morgan fingerprint density at radius 1 is 1.36 bits per heavy atom. The van der Waals surface area contributed by atoms with E-state index in [0.29, 0.717) is 6.42 Å². The number of carbonyl (C=O) groups is 1. The maximum atomic E-state index is 13.1. The molecule has 1 N–H and O–H groups in total. The van der Waals surface area contributed by atoms with Crippen LogP contribution in [0.2, 0.25) is 0 Å². The number of aromatic nitrogens is 4. The van der Waals surface area contributed by atoms with Crippen LogP contribution < -0.4 is 5.32 Å². The van der Waals surface area contributed by atoms with E-state index in [1.807, 2.05) is 22.7 Å². The van der Waals surface area contributed by atoms with Crippen molar-refractivity contribution in [3.63, 3.8) is 0 Å². The van der Waals surface area contributed by atoms with Gasteiger partial charge in [0.15, 0.2) is 5.82 Å². The van der Waals surface area contributed by atoms with Gasteiger partial charge in [0.25, 0.3) is 0 Å². The molecule has 0 aromatic carbocycles. The topological polar surface area (TPSA) is 75.9 Å². The van der Waals surface area contributed by atoms with E-state index < -0.39 is 0 Å². The summed E-state index contributed by atoms with van der Waals surface area (Å²) in [6.45, 7) is 10.8. The second kappa shape index (κ2) is 7.62. The molecule has 4 rings (SSSR count). The lowest BCUT2D eigenvalue weighted by Crippen LogP contribution is -2.33. The highest BCUT2D eigenvalue weighted by atomic mass is 16.2. The van der Waals surface area contributed by atoms with Crippen molar-refractivity contribution in [1.29, 1.82) is 0 Å². The van der Waals surface area contributed by atoms with E-state index in [9.17, 15) is 4.79 Å². The molecule has 2 aromatic rings. The van der Waals surface area contributed by atoms with E-state index in [2.05, 4.69) is 36.2 Å². The summed E-state index contributed by atoms with van der Waals surface area (Å²) in [7, 11) is 0. The fourth-order valence-electron chi connectivity index (χ4n) is 4.38. The van der Waals surface area contributed by atoms with Gasteiger partial charge in [-0.2, -0.15) is 5.10 Å².